The van der Waals surface area contributed by atoms with Crippen LogP contribution in [0.3, 0.4) is 0 Å². The largest absolute Gasteiger partial charge is 0.323 e. The molecule has 0 radical (unpaired) electrons. The van der Waals surface area contributed by atoms with Crippen molar-refractivity contribution in [3.8, 4) is 6.07 Å². The zero-order valence-corrected chi connectivity index (χ0v) is 9.50. The molecule has 0 saturated heterocycles. The summed E-state index contributed by atoms with van der Waals surface area (Å²) in [6, 6.07) is 8.93. The fourth-order valence-electron chi connectivity index (χ4n) is 1.45. The van der Waals surface area contributed by atoms with Crippen molar-refractivity contribution in [2.45, 2.75) is 6.42 Å². The monoisotopic (exact) mass is 238 g/mol. The number of amides is 1. The van der Waals surface area contributed by atoms with Gasteiger partial charge in [0.1, 0.15) is 6.33 Å². The van der Waals surface area contributed by atoms with E-state index in [9.17, 15) is 4.79 Å². The fourth-order valence-corrected chi connectivity index (χ4v) is 1.45. The van der Waals surface area contributed by atoms with Crippen molar-refractivity contribution in [1.29, 1.82) is 5.26 Å². The lowest BCUT2D eigenvalue weighted by atomic mass is 10.1. The number of carbonyl (C=O) groups is 1. The van der Waals surface area contributed by atoms with Gasteiger partial charge in [-0.2, -0.15) is 5.26 Å². The number of anilines is 1. The Bertz CT molecular complexity index is 572. The molecule has 1 heterocycles. The Labute approximate surface area is 104 Å². The number of benzene rings is 1. The summed E-state index contributed by atoms with van der Waals surface area (Å²) in [7, 11) is 0. The molecule has 0 aliphatic carbocycles. The van der Waals surface area contributed by atoms with Crippen molar-refractivity contribution in [3.63, 3.8) is 0 Å². The van der Waals surface area contributed by atoms with Crippen molar-refractivity contribution in [2.75, 3.05) is 5.32 Å². The maximum Gasteiger partial charge on any atom is 0.228 e. The average molecular weight is 238 g/mol. The summed E-state index contributed by atoms with van der Waals surface area (Å²) in [6.45, 7) is 0. The second kappa shape index (κ2) is 5.55. The fraction of sp³-hybridized carbons (Fsp3) is 0.0769. The molecular formula is C13H10N4O. The molecule has 0 atom stereocenters. The number of nitrogens with one attached hydrogen (secondary N) is 1. The first-order valence-electron chi connectivity index (χ1n) is 5.32. The van der Waals surface area contributed by atoms with Gasteiger partial charge in [-0.25, -0.2) is 9.97 Å². The molecule has 0 aliphatic rings. The van der Waals surface area contributed by atoms with Gasteiger partial charge in [-0.05, 0) is 17.7 Å². The normalized spacial score (nSPS) is 9.50. The molecule has 1 N–H and O–H groups in total. The second-order valence-corrected chi connectivity index (χ2v) is 3.66. The van der Waals surface area contributed by atoms with Crippen LogP contribution < -0.4 is 5.32 Å². The molecule has 0 unspecified atom stereocenters. The molecule has 2 rings (SSSR count). The van der Waals surface area contributed by atoms with Crippen molar-refractivity contribution in [3.05, 3.63) is 54.1 Å². The number of nitriles is 1. The van der Waals surface area contributed by atoms with E-state index in [1.165, 1.54) is 18.7 Å². The van der Waals surface area contributed by atoms with Gasteiger partial charge in [0.05, 0.1) is 36.1 Å². The highest BCUT2D eigenvalue weighted by atomic mass is 16.1. The van der Waals surface area contributed by atoms with Gasteiger partial charge in [-0.15, -0.1) is 0 Å². The van der Waals surface area contributed by atoms with Gasteiger partial charge >= 0.3 is 0 Å². The minimum atomic E-state index is -0.144. The third-order valence-electron chi connectivity index (χ3n) is 2.29. The topological polar surface area (TPSA) is 78.7 Å². The first-order chi connectivity index (χ1) is 8.78. The Kier molecular flexibility index (Phi) is 3.62. The molecule has 88 valence electrons. The van der Waals surface area contributed by atoms with E-state index < -0.39 is 0 Å². The van der Waals surface area contributed by atoms with E-state index in [2.05, 4.69) is 15.3 Å². The van der Waals surface area contributed by atoms with E-state index in [1.54, 1.807) is 24.3 Å². The molecule has 5 nitrogen and oxygen atoms in total. The lowest BCUT2D eigenvalue weighted by Crippen LogP contribution is -2.14. The second-order valence-electron chi connectivity index (χ2n) is 3.66. The molecule has 2 aromatic rings. The predicted octanol–water partition coefficient (Wildman–Crippen LogP) is 1.53. The minimum Gasteiger partial charge on any atom is -0.323 e. The molecule has 0 spiro atoms. The lowest BCUT2D eigenvalue weighted by Gasteiger charge is -2.04. The third kappa shape index (κ3) is 3.12. The van der Waals surface area contributed by atoms with Gasteiger partial charge < -0.3 is 5.32 Å². The molecule has 0 saturated carbocycles. The van der Waals surface area contributed by atoms with Crippen LogP contribution >= 0.6 is 0 Å². The number of rotatable bonds is 3. The van der Waals surface area contributed by atoms with Crippen LogP contribution in [0.25, 0.3) is 0 Å². The Morgan fingerprint density at radius 1 is 1.22 bits per heavy atom. The van der Waals surface area contributed by atoms with Gasteiger partial charge in [0.15, 0.2) is 0 Å². The van der Waals surface area contributed by atoms with E-state index in [0.29, 0.717) is 11.3 Å². The number of hydrogen-bond donors (Lipinski definition) is 1. The van der Waals surface area contributed by atoms with Crippen LogP contribution in [-0.2, 0) is 11.2 Å². The molecule has 18 heavy (non-hydrogen) atoms. The minimum absolute atomic E-state index is 0.144. The van der Waals surface area contributed by atoms with Crippen LogP contribution in [0.4, 0.5) is 5.69 Å². The van der Waals surface area contributed by atoms with Gasteiger partial charge in [-0.3, -0.25) is 4.79 Å². The summed E-state index contributed by atoms with van der Waals surface area (Å²) in [6.07, 6.45) is 4.71. The molecule has 1 aromatic carbocycles. The van der Waals surface area contributed by atoms with Crippen LogP contribution in [0, 0.1) is 11.3 Å². The number of carbonyl (C=O) groups excluding carboxylic acids is 1. The summed E-state index contributed by atoms with van der Waals surface area (Å²) in [5.41, 5.74) is 2.00. The summed E-state index contributed by atoms with van der Waals surface area (Å²) < 4.78 is 0. The Morgan fingerprint density at radius 3 is 2.50 bits per heavy atom. The van der Waals surface area contributed by atoms with Crippen LogP contribution in [0.15, 0.2) is 43.0 Å². The van der Waals surface area contributed by atoms with Crippen LogP contribution in [0.5, 0.6) is 0 Å². The summed E-state index contributed by atoms with van der Waals surface area (Å²) in [5.74, 6) is -0.144. The smallest absolute Gasteiger partial charge is 0.228 e. The van der Waals surface area contributed by atoms with Gasteiger partial charge in [-0.1, -0.05) is 12.1 Å². The average Bonchev–Trinajstić information content (AvgIpc) is 2.40. The predicted molar refractivity (Wildman–Crippen MR) is 65.5 cm³/mol. The zero-order valence-electron chi connectivity index (χ0n) is 9.50. The van der Waals surface area contributed by atoms with E-state index >= 15 is 0 Å². The van der Waals surface area contributed by atoms with Crippen molar-refractivity contribution >= 4 is 11.6 Å². The number of nitrogens with zero attached hydrogens (tertiary/aromatic N) is 3. The van der Waals surface area contributed by atoms with Crippen molar-refractivity contribution in [2.24, 2.45) is 0 Å². The highest BCUT2D eigenvalue weighted by Crippen LogP contribution is 2.06. The maximum atomic E-state index is 11.7. The van der Waals surface area contributed by atoms with Gasteiger partial charge in [0, 0.05) is 0 Å². The molecule has 5 heteroatoms. The molecule has 1 amide bonds. The summed E-state index contributed by atoms with van der Waals surface area (Å²) in [4.78, 5) is 19.3. The Hall–Kier alpha value is -2.74. The van der Waals surface area contributed by atoms with Crippen LogP contribution in [0.1, 0.15) is 11.1 Å². The molecule has 0 fully saturated rings. The number of aromatic nitrogens is 2. The van der Waals surface area contributed by atoms with Crippen molar-refractivity contribution in [1.82, 2.24) is 9.97 Å². The number of hydrogen-bond acceptors (Lipinski definition) is 4. The lowest BCUT2D eigenvalue weighted by molar-refractivity contribution is -0.115. The molecule has 1 aromatic heterocycles. The first-order valence-corrected chi connectivity index (χ1v) is 5.32. The zero-order chi connectivity index (χ0) is 12.8. The van der Waals surface area contributed by atoms with E-state index in [0.717, 1.165) is 5.56 Å². The maximum absolute atomic E-state index is 11.7. The summed E-state index contributed by atoms with van der Waals surface area (Å²) >= 11 is 0. The molecular weight excluding hydrogens is 228 g/mol. The standard InChI is InChI=1S/C13H10N4O/c14-6-11-3-1-10(2-4-11)5-13(18)17-12-7-15-9-16-8-12/h1-4,7-9H,5H2,(H,17,18). The third-order valence-corrected chi connectivity index (χ3v) is 2.29. The highest BCUT2D eigenvalue weighted by molar-refractivity contribution is 5.91. The van der Waals surface area contributed by atoms with Crippen LogP contribution in [0.2, 0.25) is 0 Å². The molecule has 0 aliphatic heterocycles. The van der Waals surface area contributed by atoms with E-state index in [4.69, 9.17) is 5.26 Å². The van der Waals surface area contributed by atoms with Gasteiger partial charge in [0.25, 0.3) is 0 Å². The Morgan fingerprint density at radius 2 is 1.89 bits per heavy atom. The van der Waals surface area contributed by atoms with Gasteiger partial charge in [0.2, 0.25) is 5.91 Å². The van der Waals surface area contributed by atoms with E-state index in [-0.39, 0.29) is 12.3 Å². The Balaban J connectivity index is 1.97. The quantitative estimate of drug-likeness (QED) is 0.879. The first kappa shape index (κ1) is 11.7. The van der Waals surface area contributed by atoms with Crippen molar-refractivity contribution < 1.29 is 4.79 Å². The van der Waals surface area contributed by atoms with Crippen LogP contribution in [-0.4, -0.2) is 15.9 Å². The molecule has 0 bridgehead atoms. The van der Waals surface area contributed by atoms with E-state index in [1.807, 2.05) is 6.07 Å². The summed E-state index contributed by atoms with van der Waals surface area (Å²) in [5, 5.41) is 11.4. The highest BCUT2D eigenvalue weighted by Gasteiger charge is 2.04. The SMILES string of the molecule is N#Cc1ccc(CC(=O)Nc2cncnc2)cc1.